The first-order valence-corrected chi connectivity index (χ1v) is 11.4. The highest BCUT2D eigenvalue weighted by atomic mass is 79.9. The molecule has 1 unspecified atom stereocenters. The third kappa shape index (κ3) is 9.43. The smallest absolute Gasteiger partial charge is 0.191 e. The van der Waals surface area contributed by atoms with Crippen molar-refractivity contribution in [3.8, 4) is 5.75 Å². The summed E-state index contributed by atoms with van der Waals surface area (Å²) in [7, 11) is -1.24. The fraction of sp³-hybridized carbons (Fsp3) is 0.611. The summed E-state index contributed by atoms with van der Waals surface area (Å²) in [4.78, 5) is 4.21. The minimum atomic E-state index is -2.95. The quantitative estimate of drug-likeness (QED) is 0.449. The zero-order valence-corrected chi connectivity index (χ0v) is 18.6. The van der Waals surface area contributed by atoms with Gasteiger partial charge in [0.15, 0.2) is 5.96 Å². The van der Waals surface area contributed by atoms with Gasteiger partial charge in [0.05, 0.1) is 16.8 Å². The molecule has 1 atom stereocenters. The average molecular weight is 448 g/mol. The van der Waals surface area contributed by atoms with Crippen molar-refractivity contribution in [1.29, 1.82) is 0 Å². The average Bonchev–Trinajstić information content (AvgIpc) is 2.55. The molecule has 0 fully saturated rings. The van der Waals surface area contributed by atoms with Crippen molar-refractivity contribution in [3.63, 3.8) is 0 Å². The van der Waals surface area contributed by atoms with E-state index < -0.39 is 9.84 Å². The molecule has 1 aromatic carbocycles. The molecular weight excluding hydrogens is 418 g/mol. The molecule has 0 saturated heterocycles. The Morgan fingerprint density at radius 3 is 2.54 bits per heavy atom. The second-order valence-electron chi connectivity index (χ2n) is 7.21. The third-order valence-corrected chi connectivity index (χ3v) is 5.43. The Kier molecular flexibility index (Phi) is 8.89. The molecule has 0 heterocycles. The summed E-state index contributed by atoms with van der Waals surface area (Å²) in [6.07, 6.45) is 1.81. The molecule has 0 radical (unpaired) electrons. The molecule has 0 aliphatic carbocycles. The van der Waals surface area contributed by atoms with E-state index in [1.165, 1.54) is 6.26 Å². The number of nitrogens with one attached hydrogen (secondary N) is 2. The highest BCUT2D eigenvalue weighted by Crippen LogP contribution is 2.24. The van der Waals surface area contributed by atoms with Crippen LogP contribution in [0.4, 0.5) is 0 Å². The Morgan fingerprint density at radius 1 is 1.31 bits per heavy atom. The summed E-state index contributed by atoms with van der Waals surface area (Å²) in [6.45, 7) is 7.27. The first-order chi connectivity index (χ1) is 12.0. The van der Waals surface area contributed by atoms with Crippen LogP contribution in [0.15, 0.2) is 33.7 Å². The molecule has 2 N–H and O–H groups in total. The predicted octanol–water partition coefficient (Wildman–Crippen LogP) is 2.84. The maximum Gasteiger partial charge on any atom is 0.191 e. The molecule has 0 aliphatic rings. The van der Waals surface area contributed by atoms with E-state index in [0.717, 1.165) is 10.2 Å². The van der Waals surface area contributed by atoms with E-state index in [1.54, 1.807) is 7.05 Å². The van der Waals surface area contributed by atoms with E-state index in [-0.39, 0.29) is 17.3 Å². The Morgan fingerprint density at radius 2 is 1.96 bits per heavy atom. The van der Waals surface area contributed by atoms with Crippen molar-refractivity contribution in [1.82, 2.24) is 10.6 Å². The molecule has 1 rings (SSSR count). The monoisotopic (exact) mass is 447 g/mol. The number of para-hydroxylation sites is 1. The second kappa shape index (κ2) is 10.2. The lowest BCUT2D eigenvalue weighted by atomic mass is 9.90. The van der Waals surface area contributed by atoms with Gasteiger partial charge in [0.1, 0.15) is 21.7 Å². The molecule has 0 saturated carbocycles. The van der Waals surface area contributed by atoms with Crippen molar-refractivity contribution >= 4 is 31.7 Å². The Balaban J connectivity index is 2.44. The van der Waals surface area contributed by atoms with Gasteiger partial charge in [-0.15, -0.1) is 0 Å². The van der Waals surface area contributed by atoms with Gasteiger partial charge in [0, 0.05) is 19.8 Å². The van der Waals surface area contributed by atoms with E-state index in [1.807, 2.05) is 45.0 Å². The molecule has 148 valence electrons. The summed E-state index contributed by atoms with van der Waals surface area (Å²) in [6, 6.07) is 7.73. The van der Waals surface area contributed by atoms with Gasteiger partial charge in [-0.25, -0.2) is 8.42 Å². The highest BCUT2D eigenvalue weighted by molar-refractivity contribution is 9.10. The molecule has 0 bridgehead atoms. The lowest BCUT2D eigenvalue weighted by Crippen LogP contribution is -2.45. The largest absolute Gasteiger partial charge is 0.488 e. The maximum absolute atomic E-state index is 11.3. The Hall–Kier alpha value is -1.28. The number of sulfone groups is 1. The van der Waals surface area contributed by atoms with Crippen LogP contribution in [0, 0.1) is 5.41 Å². The number of halogens is 1. The number of aliphatic imine (C=N–C) groups is 1. The standard InChI is InChI=1S/C18H30BrN3O3S/c1-14(25-16-9-7-6-8-15(16)19)12-21-17(20-4)22-13-18(2,3)10-11-26(5,23)24/h6-9,14H,10-13H2,1-5H3,(H2,20,21,22). The van der Waals surface area contributed by atoms with E-state index in [2.05, 4.69) is 31.6 Å². The van der Waals surface area contributed by atoms with Gasteiger partial charge in [-0.3, -0.25) is 4.99 Å². The second-order valence-corrected chi connectivity index (χ2v) is 10.3. The number of rotatable bonds is 9. The van der Waals surface area contributed by atoms with Gasteiger partial charge in [0.25, 0.3) is 0 Å². The lowest BCUT2D eigenvalue weighted by Gasteiger charge is -2.26. The zero-order valence-electron chi connectivity index (χ0n) is 16.2. The van der Waals surface area contributed by atoms with Crippen molar-refractivity contribution in [2.75, 3.05) is 32.1 Å². The maximum atomic E-state index is 11.3. The van der Waals surface area contributed by atoms with Crippen molar-refractivity contribution in [2.45, 2.75) is 33.3 Å². The van der Waals surface area contributed by atoms with Crippen LogP contribution in [-0.4, -0.2) is 52.6 Å². The van der Waals surface area contributed by atoms with Crippen molar-refractivity contribution in [2.24, 2.45) is 10.4 Å². The van der Waals surface area contributed by atoms with E-state index >= 15 is 0 Å². The van der Waals surface area contributed by atoms with Crippen molar-refractivity contribution in [3.05, 3.63) is 28.7 Å². The Bertz CT molecular complexity index is 705. The van der Waals surface area contributed by atoms with Crippen LogP contribution in [-0.2, 0) is 9.84 Å². The summed E-state index contributed by atoms with van der Waals surface area (Å²) in [5.74, 6) is 1.65. The normalized spacial score (nSPS) is 14.0. The molecule has 6 nitrogen and oxygen atoms in total. The zero-order chi connectivity index (χ0) is 19.8. The SMILES string of the molecule is CN=C(NCC(C)Oc1ccccc1Br)NCC(C)(C)CCS(C)(=O)=O. The van der Waals surface area contributed by atoms with Crippen LogP contribution in [0.25, 0.3) is 0 Å². The van der Waals surface area contributed by atoms with E-state index in [9.17, 15) is 8.42 Å². The fourth-order valence-electron chi connectivity index (χ4n) is 2.13. The van der Waals surface area contributed by atoms with Gasteiger partial charge in [-0.05, 0) is 46.8 Å². The summed E-state index contributed by atoms with van der Waals surface area (Å²) >= 11 is 3.47. The molecule has 26 heavy (non-hydrogen) atoms. The fourth-order valence-corrected chi connectivity index (χ4v) is 3.43. The van der Waals surface area contributed by atoms with Gasteiger partial charge in [-0.1, -0.05) is 26.0 Å². The minimum absolute atomic E-state index is 0.0505. The van der Waals surface area contributed by atoms with E-state index in [0.29, 0.717) is 25.5 Å². The first-order valence-electron chi connectivity index (χ1n) is 8.56. The predicted molar refractivity (Wildman–Crippen MR) is 112 cm³/mol. The van der Waals surface area contributed by atoms with Gasteiger partial charge < -0.3 is 15.4 Å². The highest BCUT2D eigenvalue weighted by Gasteiger charge is 2.20. The number of ether oxygens (including phenoxy) is 1. The van der Waals surface area contributed by atoms with Crippen LogP contribution in [0.5, 0.6) is 5.75 Å². The molecule has 8 heteroatoms. The molecule has 1 aromatic rings. The number of hydrogen-bond acceptors (Lipinski definition) is 4. The van der Waals surface area contributed by atoms with Gasteiger partial charge in [-0.2, -0.15) is 0 Å². The first kappa shape index (κ1) is 22.8. The molecule has 0 amide bonds. The lowest BCUT2D eigenvalue weighted by molar-refractivity contribution is 0.222. The topological polar surface area (TPSA) is 79.8 Å². The number of nitrogens with zero attached hydrogens (tertiary/aromatic N) is 1. The molecule has 0 spiro atoms. The summed E-state index contributed by atoms with van der Waals surface area (Å²) in [5.41, 5.74) is -0.155. The van der Waals surface area contributed by atoms with Crippen LogP contribution in [0.2, 0.25) is 0 Å². The number of hydrogen-bond donors (Lipinski definition) is 2. The Labute approximate surface area is 165 Å². The number of benzene rings is 1. The third-order valence-electron chi connectivity index (χ3n) is 3.83. The minimum Gasteiger partial charge on any atom is -0.488 e. The van der Waals surface area contributed by atoms with E-state index in [4.69, 9.17) is 4.74 Å². The molecule has 0 aromatic heterocycles. The van der Waals surface area contributed by atoms with Crippen LogP contribution in [0.1, 0.15) is 27.2 Å². The molecule has 0 aliphatic heterocycles. The summed E-state index contributed by atoms with van der Waals surface area (Å²) in [5, 5.41) is 6.49. The summed E-state index contributed by atoms with van der Waals surface area (Å²) < 4.78 is 29.5. The van der Waals surface area contributed by atoms with Gasteiger partial charge >= 0.3 is 0 Å². The van der Waals surface area contributed by atoms with Crippen molar-refractivity contribution < 1.29 is 13.2 Å². The van der Waals surface area contributed by atoms with Crippen LogP contribution < -0.4 is 15.4 Å². The number of guanidine groups is 1. The van der Waals surface area contributed by atoms with Crippen LogP contribution >= 0.6 is 15.9 Å². The molecular formula is C18H30BrN3O3S. The van der Waals surface area contributed by atoms with Crippen LogP contribution in [0.3, 0.4) is 0 Å². The van der Waals surface area contributed by atoms with Gasteiger partial charge in [0.2, 0.25) is 0 Å².